The molecule has 1 aliphatic rings. The van der Waals surface area contributed by atoms with E-state index < -0.39 is 11.6 Å². The van der Waals surface area contributed by atoms with Crippen molar-refractivity contribution in [2.45, 2.75) is 39.2 Å². The van der Waals surface area contributed by atoms with E-state index >= 15 is 0 Å². The highest BCUT2D eigenvalue weighted by molar-refractivity contribution is 5.51. The highest BCUT2D eigenvalue weighted by Crippen LogP contribution is 2.29. The maximum Gasteiger partial charge on any atom is 0.152 e. The number of anilines is 1. The summed E-state index contributed by atoms with van der Waals surface area (Å²) in [5.41, 5.74) is 4.24. The summed E-state index contributed by atoms with van der Waals surface area (Å²) in [6.07, 6.45) is 3.43. The van der Waals surface area contributed by atoms with Gasteiger partial charge in [-0.1, -0.05) is 24.3 Å². The van der Waals surface area contributed by atoms with Crippen molar-refractivity contribution in [1.29, 1.82) is 0 Å². The number of rotatable bonds is 3. The van der Waals surface area contributed by atoms with Crippen LogP contribution in [-0.2, 0) is 12.8 Å². The van der Waals surface area contributed by atoms with Gasteiger partial charge in [0.1, 0.15) is 11.5 Å². The van der Waals surface area contributed by atoms with Crippen LogP contribution in [0.25, 0.3) is 0 Å². The van der Waals surface area contributed by atoms with Crippen LogP contribution in [0, 0.1) is 18.6 Å². The number of aryl methyl sites for hydroxylation is 3. The summed E-state index contributed by atoms with van der Waals surface area (Å²) in [4.78, 5) is 0. The summed E-state index contributed by atoms with van der Waals surface area (Å²) in [5, 5.41) is 2.98. The molecule has 1 unspecified atom stereocenters. The molecule has 0 saturated heterocycles. The molecule has 1 N–H and O–H groups in total. The highest BCUT2D eigenvalue weighted by Gasteiger charge is 2.17. The van der Waals surface area contributed by atoms with E-state index in [-0.39, 0.29) is 11.7 Å². The summed E-state index contributed by atoms with van der Waals surface area (Å²) in [6, 6.07) is 8.96. The Hall–Kier alpha value is -1.90. The van der Waals surface area contributed by atoms with Gasteiger partial charge in [-0.15, -0.1) is 0 Å². The molecule has 2 aromatic rings. The molecule has 2 aromatic carbocycles. The first-order valence-corrected chi connectivity index (χ1v) is 7.39. The number of nitrogens with one attached hydrogen (secondary N) is 1. The van der Waals surface area contributed by atoms with Crippen molar-refractivity contribution in [3.63, 3.8) is 0 Å². The first kappa shape index (κ1) is 14.1. The summed E-state index contributed by atoms with van der Waals surface area (Å²) < 4.78 is 27.9. The van der Waals surface area contributed by atoms with E-state index in [1.807, 2.05) is 13.0 Å². The van der Waals surface area contributed by atoms with Crippen LogP contribution in [0.1, 0.15) is 41.6 Å². The van der Waals surface area contributed by atoms with Gasteiger partial charge in [0, 0.05) is 6.04 Å². The third-order valence-corrected chi connectivity index (χ3v) is 4.27. The van der Waals surface area contributed by atoms with Crippen molar-refractivity contribution in [3.05, 3.63) is 64.2 Å². The lowest BCUT2D eigenvalue weighted by atomic mass is 10.0. The van der Waals surface area contributed by atoms with Crippen LogP contribution in [0.3, 0.4) is 0 Å². The second-order valence-corrected chi connectivity index (χ2v) is 5.80. The van der Waals surface area contributed by atoms with Crippen molar-refractivity contribution < 1.29 is 8.78 Å². The summed E-state index contributed by atoms with van der Waals surface area (Å²) in [6.45, 7) is 3.57. The molecule has 0 spiro atoms. The Balaban J connectivity index is 1.87. The topological polar surface area (TPSA) is 12.0 Å². The minimum Gasteiger partial charge on any atom is -0.374 e. The number of hydrogen-bond donors (Lipinski definition) is 1. The summed E-state index contributed by atoms with van der Waals surface area (Å²) >= 11 is 0. The van der Waals surface area contributed by atoms with Crippen LogP contribution in [0.4, 0.5) is 14.5 Å². The number of halogens is 2. The Morgan fingerprint density at radius 1 is 1.05 bits per heavy atom. The fraction of sp³-hybridized carbons (Fsp3) is 0.333. The Kier molecular flexibility index (Phi) is 3.66. The van der Waals surface area contributed by atoms with Crippen LogP contribution >= 0.6 is 0 Å². The van der Waals surface area contributed by atoms with Gasteiger partial charge in [-0.25, -0.2) is 8.78 Å². The molecule has 0 saturated carbocycles. The molecule has 0 aliphatic heterocycles. The number of fused-ring (bicyclic) bond motifs is 1. The normalized spacial score (nSPS) is 14.9. The van der Waals surface area contributed by atoms with E-state index in [0.717, 1.165) is 18.4 Å². The molecular formula is C18H19F2N. The maximum atomic E-state index is 14.1. The second-order valence-electron chi connectivity index (χ2n) is 5.80. The van der Waals surface area contributed by atoms with Crippen molar-refractivity contribution >= 4 is 5.69 Å². The Bertz CT molecular complexity index is 679. The van der Waals surface area contributed by atoms with Crippen molar-refractivity contribution in [1.82, 2.24) is 0 Å². The monoisotopic (exact) mass is 287 g/mol. The molecule has 3 rings (SSSR count). The van der Waals surface area contributed by atoms with Crippen LogP contribution in [-0.4, -0.2) is 0 Å². The lowest BCUT2D eigenvalue weighted by Crippen LogP contribution is -2.10. The summed E-state index contributed by atoms with van der Waals surface area (Å²) in [5.74, 6) is -1.06. The molecule has 0 radical (unpaired) electrons. The van der Waals surface area contributed by atoms with Gasteiger partial charge in [0.25, 0.3) is 0 Å². The maximum absolute atomic E-state index is 14.1. The Morgan fingerprint density at radius 2 is 1.81 bits per heavy atom. The second kappa shape index (κ2) is 5.47. The Labute approximate surface area is 124 Å². The largest absolute Gasteiger partial charge is 0.374 e. The summed E-state index contributed by atoms with van der Waals surface area (Å²) in [7, 11) is 0. The molecule has 0 aromatic heterocycles. The van der Waals surface area contributed by atoms with Gasteiger partial charge in [0.05, 0.1) is 0 Å². The van der Waals surface area contributed by atoms with Crippen molar-refractivity contribution in [2.24, 2.45) is 0 Å². The van der Waals surface area contributed by atoms with E-state index in [2.05, 4.69) is 17.4 Å². The average molecular weight is 287 g/mol. The van der Waals surface area contributed by atoms with Gasteiger partial charge >= 0.3 is 0 Å². The smallest absolute Gasteiger partial charge is 0.152 e. The fourth-order valence-corrected chi connectivity index (χ4v) is 2.95. The van der Waals surface area contributed by atoms with Crippen molar-refractivity contribution in [3.8, 4) is 0 Å². The van der Waals surface area contributed by atoms with Crippen LogP contribution in [0.15, 0.2) is 30.3 Å². The molecule has 0 amide bonds. The minimum absolute atomic E-state index is 0.0389. The first-order chi connectivity index (χ1) is 10.1. The van der Waals surface area contributed by atoms with Crippen molar-refractivity contribution in [2.75, 3.05) is 5.32 Å². The van der Waals surface area contributed by atoms with Crippen LogP contribution < -0.4 is 5.32 Å². The van der Waals surface area contributed by atoms with Gasteiger partial charge < -0.3 is 5.32 Å². The average Bonchev–Trinajstić information content (AvgIpc) is 2.94. The fourth-order valence-electron chi connectivity index (χ4n) is 2.95. The predicted molar refractivity (Wildman–Crippen MR) is 81.6 cm³/mol. The predicted octanol–water partition coefficient (Wildman–Crippen LogP) is 4.94. The zero-order valence-corrected chi connectivity index (χ0v) is 12.3. The zero-order valence-electron chi connectivity index (χ0n) is 12.3. The van der Waals surface area contributed by atoms with E-state index in [4.69, 9.17) is 0 Å². The van der Waals surface area contributed by atoms with Gasteiger partial charge in [0.15, 0.2) is 5.82 Å². The molecule has 3 heteroatoms. The first-order valence-electron chi connectivity index (χ1n) is 7.39. The number of benzene rings is 2. The van der Waals surface area contributed by atoms with Crippen LogP contribution in [0.5, 0.6) is 0 Å². The van der Waals surface area contributed by atoms with E-state index in [0.29, 0.717) is 5.56 Å². The lowest BCUT2D eigenvalue weighted by molar-refractivity contribution is 0.579. The van der Waals surface area contributed by atoms with Crippen LogP contribution in [0.2, 0.25) is 0 Å². The molecule has 0 heterocycles. The third kappa shape index (κ3) is 2.65. The molecule has 21 heavy (non-hydrogen) atoms. The van der Waals surface area contributed by atoms with Gasteiger partial charge in [-0.05, 0) is 61.4 Å². The zero-order chi connectivity index (χ0) is 15.0. The molecule has 1 aliphatic carbocycles. The standard InChI is InChI=1S/C18H19F2N/c1-11-6-9-16(19)18(17(11)20)21-12(2)14-8-7-13-4-3-5-15(13)10-14/h6-10,12,21H,3-5H2,1-2H3. The molecule has 1 atom stereocenters. The molecule has 0 bridgehead atoms. The number of hydrogen-bond acceptors (Lipinski definition) is 1. The minimum atomic E-state index is -0.550. The molecule has 110 valence electrons. The molecular weight excluding hydrogens is 268 g/mol. The molecule has 0 fully saturated rings. The van der Waals surface area contributed by atoms with E-state index in [1.54, 1.807) is 6.92 Å². The van der Waals surface area contributed by atoms with Gasteiger partial charge in [-0.3, -0.25) is 0 Å². The SMILES string of the molecule is Cc1ccc(F)c(NC(C)c2ccc3c(c2)CCC3)c1F. The third-order valence-electron chi connectivity index (χ3n) is 4.27. The Morgan fingerprint density at radius 3 is 2.62 bits per heavy atom. The van der Waals surface area contributed by atoms with E-state index in [9.17, 15) is 8.78 Å². The quantitative estimate of drug-likeness (QED) is 0.843. The van der Waals surface area contributed by atoms with E-state index in [1.165, 1.54) is 29.7 Å². The highest BCUT2D eigenvalue weighted by atomic mass is 19.1. The van der Waals surface area contributed by atoms with Gasteiger partial charge in [0.2, 0.25) is 0 Å². The molecule has 1 nitrogen and oxygen atoms in total. The van der Waals surface area contributed by atoms with Gasteiger partial charge in [-0.2, -0.15) is 0 Å². The lowest BCUT2D eigenvalue weighted by Gasteiger charge is -2.18.